The second kappa shape index (κ2) is 6.76. The number of hydrogen-bond acceptors (Lipinski definition) is 4. The third-order valence-corrected chi connectivity index (χ3v) is 3.25. The third-order valence-electron chi connectivity index (χ3n) is 3.25. The fourth-order valence-corrected chi connectivity index (χ4v) is 2.05. The molecule has 112 valence electrons. The minimum atomic E-state index is -0.491. The van der Waals surface area contributed by atoms with Crippen molar-refractivity contribution in [2.24, 2.45) is 5.11 Å². The van der Waals surface area contributed by atoms with Crippen LogP contribution in [0.1, 0.15) is 42.2 Å². The summed E-state index contributed by atoms with van der Waals surface area (Å²) in [5, 5.41) is 17.0. The first-order chi connectivity index (χ1) is 10.1. The number of nitrogens with one attached hydrogen (secondary N) is 1. The molecule has 1 saturated carbocycles. The minimum absolute atomic E-state index is 0.0598. The fraction of sp³-hybridized carbons (Fsp3) is 0.583. The van der Waals surface area contributed by atoms with E-state index >= 15 is 0 Å². The van der Waals surface area contributed by atoms with Gasteiger partial charge >= 0.3 is 0 Å². The van der Waals surface area contributed by atoms with Crippen LogP contribution in [-0.2, 0) is 0 Å². The van der Waals surface area contributed by atoms with Gasteiger partial charge in [0.2, 0.25) is 0 Å². The Morgan fingerprint density at radius 1 is 1.57 bits per heavy atom. The number of azide groups is 1. The van der Waals surface area contributed by atoms with Crippen molar-refractivity contribution in [1.82, 2.24) is 9.88 Å². The zero-order valence-corrected chi connectivity index (χ0v) is 11.4. The van der Waals surface area contributed by atoms with Gasteiger partial charge in [-0.15, -0.1) is 0 Å². The monoisotopic (exact) mass is 292 g/mol. The van der Waals surface area contributed by atoms with Crippen molar-refractivity contribution in [3.05, 3.63) is 38.5 Å². The van der Waals surface area contributed by atoms with Gasteiger partial charge in [-0.1, -0.05) is 5.11 Å². The molecule has 1 amide bonds. The zero-order valence-electron chi connectivity index (χ0n) is 11.4. The van der Waals surface area contributed by atoms with E-state index in [0.29, 0.717) is 31.6 Å². The summed E-state index contributed by atoms with van der Waals surface area (Å²) in [6.45, 7) is 0.847. The van der Waals surface area contributed by atoms with Gasteiger partial charge in [-0.25, -0.2) is 0 Å². The lowest BCUT2D eigenvalue weighted by Gasteiger charge is -2.07. The average Bonchev–Trinajstić information content (AvgIpc) is 3.20. The maximum absolute atomic E-state index is 12.1. The normalized spacial score (nSPS) is 13.5. The van der Waals surface area contributed by atoms with E-state index in [2.05, 4.69) is 15.3 Å². The van der Waals surface area contributed by atoms with Gasteiger partial charge in [0.15, 0.2) is 0 Å². The van der Waals surface area contributed by atoms with E-state index in [1.54, 1.807) is 4.57 Å². The maximum atomic E-state index is 12.1. The van der Waals surface area contributed by atoms with E-state index in [4.69, 9.17) is 5.53 Å². The highest BCUT2D eigenvalue weighted by Gasteiger charge is 2.30. The molecule has 1 aromatic rings. The van der Waals surface area contributed by atoms with Gasteiger partial charge in [0.25, 0.3) is 11.6 Å². The Morgan fingerprint density at radius 3 is 2.95 bits per heavy atom. The largest absolute Gasteiger partial charge is 0.351 e. The lowest BCUT2D eigenvalue weighted by atomic mass is 10.3. The van der Waals surface area contributed by atoms with E-state index < -0.39 is 4.92 Å². The first-order valence-corrected chi connectivity index (χ1v) is 6.79. The highest BCUT2D eigenvalue weighted by atomic mass is 16.6. The third kappa shape index (κ3) is 3.96. The van der Waals surface area contributed by atoms with Crippen LogP contribution in [0.4, 0.5) is 5.69 Å². The molecule has 0 radical (unpaired) electrons. The molecule has 1 aliphatic carbocycles. The molecule has 0 bridgehead atoms. The van der Waals surface area contributed by atoms with Crippen molar-refractivity contribution in [1.29, 1.82) is 0 Å². The van der Waals surface area contributed by atoms with Gasteiger partial charge in [0, 0.05) is 30.1 Å². The van der Waals surface area contributed by atoms with E-state index in [-0.39, 0.29) is 17.6 Å². The van der Waals surface area contributed by atoms with Gasteiger partial charge in [0.1, 0.15) is 5.69 Å². The van der Waals surface area contributed by atoms with Crippen LogP contribution in [0.5, 0.6) is 0 Å². The van der Waals surface area contributed by atoms with Gasteiger partial charge in [-0.3, -0.25) is 14.9 Å². The lowest BCUT2D eigenvalue weighted by molar-refractivity contribution is -0.384. The SMILES string of the molecule is [N-]=[N+]=NCCCCNC(=O)c1cc([N+](=O)[O-])cn1C1CC1. The smallest absolute Gasteiger partial charge is 0.287 e. The van der Waals surface area contributed by atoms with Crippen molar-refractivity contribution in [3.63, 3.8) is 0 Å². The predicted molar refractivity (Wildman–Crippen MR) is 74.9 cm³/mol. The molecule has 2 rings (SSSR count). The molecular formula is C12H16N6O3. The predicted octanol–water partition coefficient (Wildman–Crippen LogP) is 2.55. The molecule has 1 aliphatic rings. The summed E-state index contributed by atoms with van der Waals surface area (Å²) in [5.74, 6) is -0.307. The number of rotatable bonds is 8. The molecule has 1 fully saturated rings. The van der Waals surface area contributed by atoms with E-state index in [9.17, 15) is 14.9 Å². The molecule has 0 spiro atoms. The van der Waals surface area contributed by atoms with Crippen molar-refractivity contribution in [3.8, 4) is 0 Å². The molecule has 0 saturated heterocycles. The summed E-state index contributed by atoms with van der Waals surface area (Å²) in [5.41, 5.74) is 8.40. The average molecular weight is 292 g/mol. The Morgan fingerprint density at radius 2 is 2.33 bits per heavy atom. The standard InChI is InChI=1S/C12H16N6O3/c13-16-15-6-2-1-5-14-12(19)11-7-10(18(20)21)8-17(11)9-3-4-9/h7-9H,1-6H2,(H,14,19). The van der Waals surface area contributed by atoms with E-state index in [1.807, 2.05) is 0 Å². The van der Waals surface area contributed by atoms with Crippen LogP contribution in [0.15, 0.2) is 17.4 Å². The number of nitrogens with zero attached hydrogens (tertiary/aromatic N) is 5. The van der Waals surface area contributed by atoms with Gasteiger partial charge in [-0.05, 0) is 31.2 Å². The van der Waals surface area contributed by atoms with Crippen LogP contribution in [0, 0.1) is 10.1 Å². The number of aromatic nitrogens is 1. The number of unbranched alkanes of at least 4 members (excludes halogenated alkanes) is 1. The highest BCUT2D eigenvalue weighted by molar-refractivity contribution is 5.93. The fourth-order valence-electron chi connectivity index (χ4n) is 2.05. The Balaban J connectivity index is 1.92. The Labute approximate surface area is 120 Å². The van der Waals surface area contributed by atoms with Crippen LogP contribution >= 0.6 is 0 Å². The molecular weight excluding hydrogens is 276 g/mol. The second-order valence-corrected chi connectivity index (χ2v) is 4.90. The van der Waals surface area contributed by atoms with Gasteiger partial charge < -0.3 is 9.88 Å². The van der Waals surface area contributed by atoms with Crippen LogP contribution in [0.3, 0.4) is 0 Å². The second-order valence-electron chi connectivity index (χ2n) is 4.90. The Bertz CT molecular complexity index is 586. The summed E-state index contributed by atoms with van der Waals surface area (Å²) in [7, 11) is 0. The summed E-state index contributed by atoms with van der Waals surface area (Å²) in [6, 6.07) is 1.51. The number of amides is 1. The first-order valence-electron chi connectivity index (χ1n) is 6.79. The van der Waals surface area contributed by atoms with Crippen molar-refractivity contribution < 1.29 is 9.72 Å². The Hall–Kier alpha value is -2.54. The summed E-state index contributed by atoms with van der Waals surface area (Å²) < 4.78 is 1.69. The molecule has 1 N–H and O–H groups in total. The van der Waals surface area contributed by atoms with Crippen molar-refractivity contribution >= 4 is 11.6 Å². The first kappa shape index (κ1) is 14.9. The number of carbonyl (C=O) groups excluding carboxylic acids is 1. The molecule has 0 aliphatic heterocycles. The van der Waals surface area contributed by atoms with Gasteiger partial charge in [0.05, 0.1) is 11.1 Å². The summed E-state index contributed by atoms with van der Waals surface area (Å²) in [4.78, 5) is 25.1. The molecule has 9 heteroatoms. The number of nitro groups is 1. The van der Waals surface area contributed by atoms with Crippen LogP contribution in [0.25, 0.3) is 10.4 Å². The topological polar surface area (TPSA) is 126 Å². The van der Waals surface area contributed by atoms with E-state index in [1.165, 1.54) is 12.3 Å². The summed E-state index contributed by atoms with van der Waals surface area (Å²) in [6.07, 6.45) is 4.69. The molecule has 0 aromatic carbocycles. The molecule has 1 aromatic heterocycles. The lowest BCUT2D eigenvalue weighted by Crippen LogP contribution is -2.26. The molecule has 9 nitrogen and oxygen atoms in total. The minimum Gasteiger partial charge on any atom is -0.351 e. The van der Waals surface area contributed by atoms with Crippen LogP contribution < -0.4 is 5.32 Å². The quantitative estimate of drug-likeness (QED) is 0.197. The van der Waals surface area contributed by atoms with Gasteiger partial charge in [-0.2, -0.15) is 0 Å². The zero-order chi connectivity index (χ0) is 15.2. The van der Waals surface area contributed by atoms with Crippen molar-refractivity contribution in [2.75, 3.05) is 13.1 Å². The molecule has 1 heterocycles. The highest BCUT2D eigenvalue weighted by Crippen LogP contribution is 2.37. The Kier molecular flexibility index (Phi) is 4.78. The number of hydrogen-bond donors (Lipinski definition) is 1. The maximum Gasteiger partial charge on any atom is 0.287 e. The number of carbonyl (C=O) groups is 1. The summed E-state index contributed by atoms with van der Waals surface area (Å²) >= 11 is 0. The molecule has 0 atom stereocenters. The van der Waals surface area contributed by atoms with Crippen molar-refractivity contribution in [2.45, 2.75) is 31.7 Å². The van der Waals surface area contributed by atoms with E-state index in [0.717, 1.165) is 12.8 Å². The van der Waals surface area contributed by atoms with Crippen LogP contribution in [0.2, 0.25) is 0 Å². The molecule has 21 heavy (non-hydrogen) atoms. The van der Waals surface area contributed by atoms with Crippen LogP contribution in [-0.4, -0.2) is 28.5 Å². The molecule has 0 unspecified atom stereocenters.